The molecule has 1 aliphatic heterocycles. The average Bonchev–Trinajstić information content (AvgIpc) is 2.27. The van der Waals surface area contributed by atoms with Crippen molar-refractivity contribution in [1.29, 1.82) is 0 Å². The molecule has 1 saturated heterocycles. The van der Waals surface area contributed by atoms with E-state index in [1.165, 1.54) is 31.8 Å². The number of hydrogen-bond donors (Lipinski definition) is 3. The Morgan fingerprint density at radius 2 is 1.78 bits per heavy atom. The van der Waals surface area contributed by atoms with Gasteiger partial charge < -0.3 is 15.3 Å². The summed E-state index contributed by atoms with van der Waals surface area (Å²) >= 11 is 4.00. The Morgan fingerprint density at radius 3 is 2.28 bits per heavy atom. The standard InChI is InChI=1S/C13H26O3S2/c1-9(8-11-17-5-4-6-18-11)7-10(14)12(15)13(2,3)16/h9-12,14-16H,4-8H2,1-3H3/t9-,10-,12?/m0/s1. The van der Waals surface area contributed by atoms with Gasteiger partial charge in [0.05, 0.1) is 16.3 Å². The topological polar surface area (TPSA) is 60.7 Å². The van der Waals surface area contributed by atoms with Gasteiger partial charge in [-0.2, -0.15) is 0 Å². The van der Waals surface area contributed by atoms with E-state index in [-0.39, 0.29) is 0 Å². The molecular weight excluding hydrogens is 268 g/mol. The highest BCUT2D eigenvalue weighted by molar-refractivity contribution is 8.17. The number of thioether (sulfide) groups is 2. The Hall–Kier alpha value is 0.580. The lowest BCUT2D eigenvalue weighted by atomic mass is 9.90. The van der Waals surface area contributed by atoms with Gasteiger partial charge in [-0.1, -0.05) is 6.92 Å². The second-order valence-electron chi connectivity index (χ2n) is 5.77. The fraction of sp³-hybridized carbons (Fsp3) is 1.00. The van der Waals surface area contributed by atoms with Crippen LogP contribution in [0.5, 0.6) is 0 Å². The Kier molecular flexibility index (Phi) is 6.83. The number of hydrogen-bond acceptors (Lipinski definition) is 5. The van der Waals surface area contributed by atoms with Crippen molar-refractivity contribution < 1.29 is 15.3 Å². The minimum Gasteiger partial charge on any atom is -0.390 e. The fourth-order valence-electron chi connectivity index (χ4n) is 2.11. The van der Waals surface area contributed by atoms with Gasteiger partial charge in [0.2, 0.25) is 0 Å². The third-order valence-corrected chi connectivity index (χ3v) is 6.22. The van der Waals surface area contributed by atoms with Crippen molar-refractivity contribution in [3.05, 3.63) is 0 Å². The van der Waals surface area contributed by atoms with Crippen molar-refractivity contribution in [3.8, 4) is 0 Å². The van der Waals surface area contributed by atoms with Gasteiger partial charge in [-0.25, -0.2) is 0 Å². The van der Waals surface area contributed by atoms with E-state index in [1.54, 1.807) is 0 Å². The molecule has 1 rings (SSSR count). The molecule has 0 aromatic rings. The van der Waals surface area contributed by atoms with E-state index in [4.69, 9.17) is 0 Å². The van der Waals surface area contributed by atoms with Gasteiger partial charge in [0.15, 0.2) is 0 Å². The molecular formula is C13H26O3S2. The van der Waals surface area contributed by atoms with Gasteiger partial charge in [-0.05, 0) is 50.5 Å². The first-order valence-corrected chi connectivity index (χ1v) is 8.72. The molecule has 3 atom stereocenters. The van der Waals surface area contributed by atoms with Crippen LogP contribution < -0.4 is 0 Å². The van der Waals surface area contributed by atoms with Gasteiger partial charge in [0, 0.05) is 0 Å². The van der Waals surface area contributed by atoms with Crippen LogP contribution in [0, 0.1) is 5.92 Å². The largest absolute Gasteiger partial charge is 0.390 e. The molecule has 108 valence electrons. The molecule has 18 heavy (non-hydrogen) atoms. The molecule has 3 nitrogen and oxygen atoms in total. The van der Waals surface area contributed by atoms with Crippen molar-refractivity contribution in [1.82, 2.24) is 0 Å². The van der Waals surface area contributed by atoms with Crippen molar-refractivity contribution in [2.24, 2.45) is 5.92 Å². The maximum atomic E-state index is 9.93. The third-order valence-electron chi connectivity index (χ3n) is 3.22. The summed E-state index contributed by atoms with van der Waals surface area (Å²) in [5.41, 5.74) is -1.24. The summed E-state index contributed by atoms with van der Waals surface area (Å²) in [6, 6.07) is 0. The normalized spacial score (nSPS) is 23.7. The minimum atomic E-state index is -1.24. The van der Waals surface area contributed by atoms with Crippen molar-refractivity contribution in [2.75, 3.05) is 11.5 Å². The second-order valence-corrected chi connectivity index (χ2v) is 8.69. The number of rotatable bonds is 6. The fourth-order valence-corrected chi connectivity index (χ4v) is 5.33. The maximum absolute atomic E-state index is 9.93. The van der Waals surface area contributed by atoms with Crippen molar-refractivity contribution in [2.45, 2.75) is 62.4 Å². The summed E-state index contributed by atoms with van der Waals surface area (Å²) in [4.78, 5) is 0. The van der Waals surface area contributed by atoms with Crippen LogP contribution in [0.3, 0.4) is 0 Å². The van der Waals surface area contributed by atoms with Gasteiger partial charge in [0.25, 0.3) is 0 Å². The lowest BCUT2D eigenvalue weighted by Gasteiger charge is -2.31. The van der Waals surface area contributed by atoms with E-state index in [1.807, 2.05) is 23.5 Å². The monoisotopic (exact) mass is 294 g/mol. The van der Waals surface area contributed by atoms with Crippen molar-refractivity contribution in [3.63, 3.8) is 0 Å². The molecule has 0 radical (unpaired) electrons. The predicted octanol–water partition coefficient (Wildman–Crippen LogP) is 2.09. The first-order chi connectivity index (χ1) is 8.30. The smallest absolute Gasteiger partial charge is 0.108 e. The van der Waals surface area contributed by atoms with Crippen molar-refractivity contribution >= 4 is 23.5 Å². The molecule has 0 saturated carbocycles. The highest BCUT2D eigenvalue weighted by Gasteiger charge is 2.32. The van der Waals surface area contributed by atoms with E-state index in [9.17, 15) is 15.3 Å². The molecule has 1 fully saturated rings. The summed E-state index contributed by atoms with van der Waals surface area (Å²) in [7, 11) is 0. The summed E-state index contributed by atoms with van der Waals surface area (Å²) in [6.07, 6.45) is 0.971. The Labute approximate surface area is 119 Å². The molecule has 0 bridgehead atoms. The van der Waals surface area contributed by atoms with Crippen LogP contribution in [0.15, 0.2) is 0 Å². The number of aliphatic hydroxyl groups is 3. The quantitative estimate of drug-likeness (QED) is 0.700. The summed E-state index contributed by atoms with van der Waals surface area (Å²) < 4.78 is 0.625. The first-order valence-electron chi connectivity index (χ1n) is 6.62. The molecule has 3 N–H and O–H groups in total. The van der Waals surface area contributed by atoms with Crippen LogP contribution in [0.4, 0.5) is 0 Å². The summed E-state index contributed by atoms with van der Waals surface area (Å²) in [5.74, 6) is 2.83. The highest BCUT2D eigenvalue weighted by Crippen LogP contribution is 2.36. The molecule has 0 aliphatic carbocycles. The second kappa shape index (κ2) is 7.39. The Bertz CT molecular complexity index is 237. The minimum absolute atomic E-state index is 0.361. The van der Waals surface area contributed by atoms with Gasteiger partial charge >= 0.3 is 0 Å². The van der Waals surface area contributed by atoms with E-state index in [0.717, 1.165) is 6.42 Å². The summed E-state index contributed by atoms with van der Waals surface area (Å²) in [5, 5.41) is 29.4. The van der Waals surface area contributed by atoms with E-state index in [0.29, 0.717) is 16.9 Å². The van der Waals surface area contributed by atoms with Crippen LogP contribution in [0.25, 0.3) is 0 Å². The van der Waals surface area contributed by atoms with Crippen LogP contribution in [0.1, 0.15) is 40.0 Å². The van der Waals surface area contributed by atoms with E-state index >= 15 is 0 Å². The zero-order chi connectivity index (χ0) is 13.8. The Balaban J connectivity index is 2.32. The molecule has 0 spiro atoms. The predicted molar refractivity (Wildman–Crippen MR) is 80.0 cm³/mol. The van der Waals surface area contributed by atoms with E-state index < -0.39 is 17.8 Å². The Morgan fingerprint density at radius 1 is 1.22 bits per heavy atom. The average molecular weight is 294 g/mol. The molecule has 0 aromatic heterocycles. The first kappa shape index (κ1) is 16.6. The molecule has 0 aromatic carbocycles. The van der Waals surface area contributed by atoms with Crippen LogP contribution in [-0.2, 0) is 0 Å². The lowest BCUT2D eigenvalue weighted by Crippen LogP contribution is -2.45. The van der Waals surface area contributed by atoms with E-state index in [2.05, 4.69) is 6.92 Å². The zero-order valence-electron chi connectivity index (χ0n) is 11.5. The zero-order valence-corrected chi connectivity index (χ0v) is 13.1. The molecule has 5 heteroatoms. The van der Waals surface area contributed by atoms with Gasteiger partial charge in [0.1, 0.15) is 6.10 Å². The summed E-state index contributed by atoms with van der Waals surface area (Å²) in [6.45, 7) is 5.16. The van der Waals surface area contributed by atoms with Gasteiger partial charge in [-0.15, -0.1) is 23.5 Å². The van der Waals surface area contributed by atoms with Crippen LogP contribution in [-0.4, -0.2) is 49.2 Å². The van der Waals surface area contributed by atoms with Crippen LogP contribution in [0.2, 0.25) is 0 Å². The lowest BCUT2D eigenvalue weighted by molar-refractivity contribution is -0.110. The third kappa shape index (κ3) is 5.70. The van der Waals surface area contributed by atoms with Gasteiger partial charge in [-0.3, -0.25) is 0 Å². The molecule has 1 heterocycles. The van der Waals surface area contributed by atoms with Crippen LogP contribution >= 0.6 is 23.5 Å². The molecule has 0 amide bonds. The maximum Gasteiger partial charge on any atom is 0.108 e. The molecule has 1 aliphatic rings. The highest BCUT2D eigenvalue weighted by atomic mass is 32.2. The number of aliphatic hydroxyl groups excluding tert-OH is 2. The molecule has 1 unspecified atom stereocenters. The SMILES string of the molecule is C[C@H](CC1SCCCS1)C[C@H](O)C(O)C(C)(C)O.